The van der Waals surface area contributed by atoms with E-state index >= 15 is 0 Å². The highest BCUT2D eigenvalue weighted by Gasteiger charge is 2.63. The topological polar surface area (TPSA) is 95.5 Å². The van der Waals surface area contributed by atoms with Crippen LogP contribution in [0.2, 0.25) is 0 Å². The second-order valence-corrected chi connectivity index (χ2v) is 11.9. The third kappa shape index (κ3) is 4.32. The summed E-state index contributed by atoms with van der Waals surface area (Å²) in [4.78, 5) is 23.3. The Morgan fingerprint density at radius 2 is 1.68 bits per heavy atom. The van der Waals surface area contributed by atoms with Gasteiger partial charge in [0.05, 0.1) is 30.0 Å². The Kier molecular flexibility index (Phi) is 6.47. The zero-order chi connectivity index (χ0) is 27.2. The van der Waals surface area contributed by atoms with E-state index in [1.807, 2.05) is 51.1 Å². The van der Waals surface area contributed by atoms with E-state index in [9.17, 15) is 13.2 Å². The molecule has 4 aromatic rings. The predicted octanol–water partition coefficient (Wildman–Crippen LogP) is 5.04. The Labute approximate surface area is 222 Å². The van der Waals surface area contributed by atoms with Crippen LogP contribution in [0.4, 0.5) is 0 Å². The molecule has 5 rings (SSSR count). The van der Waals surface area contributed by atoms with Crippen molar-refractivity contribution < 1.29 is 22.7 Å². The SMILES string of the molecule is COc1ccc(C)cc1[C@@]1(C(=O)CS(=O)(=O)c2cccc3nc(C)ccc23)C[C@H]1c1ccc(C)nc1OC. The zero-order valence-corrected chi connectivity index (χ0v) is 22.9. The van der Waals surface area contributed by atoms with Gasteiger partial charge in [-0.3, -0.25) is 9.78 Å². The molecule has 8 heteroatoms. The summed E-state index contributed by atoms with van der Waals surface area (Å²) in [5.41, 5.74) is 3.47. The largest absolute Gasteiger partial charge is 0.496 e. The summed E-state index contributed by atoms with van der Waals surface area (Å²) >= 11 is 0. The second kappa shape index (κ2) is 9.51. The molecule has 2 atom stereocenters. The van der Waals surface area contributed by atoms with Crippen LogP contribution >= 0.6 is 0 Å². The van der Waals surface area contributed by atoms with Crippen LogP contribution in [-0.2, 0) is 20.0 Å². The average molecular weight is 531 g/mol. The van der Waals surface area contributed by atoms with Gasteiger partial charge in [0.15, 0.2) is 15.6 Å². The number of pyridine rings is 2. The van der Waals surface area contributed by atoms with Gasteiger partial charge in [-0.05, 0) is 63.6 Å². The second-order valence-electron chi connectivity index (χ2n) is 9.94. The van der Waals surface area contributed by atoms with E-state index in [2.05, 4.69) is 9.97 Å². The normalized spacial score (nSPS) is 18.8. The van der Waals surface area contributed by atoms with Gasteiger partial charge in [0.25, 0.3) is 0 Å². The fourth-order valence-corrected chi connectivity index (χ4v) is 6.97. The molecule has 7 nitrogen and oxygen atoms in total. The lowest BCUT2D eigenvalue weighted by atomic mass is 9.86. The van der Waals surface area contributed by atoms with E-state index < -0.39 is 21.0 Å². The number of methoxy groups -OCH3 is 2. The number of hydrogen-bond donors (Lipinski definition) is 0. The Balaban J connectivity index is 1.62. The van der Waals surface area contributed by atoms with Crippen molar-refractivity contribution in [3.8, 4) is 11.6 Å². The van der Waals surface area contributed by atoms with Gasteiger partial charge >= 0.3 is 0 Å². The molecule has 0 N–H and O–H groups in total. The van der Waals surface area contributed by atoms with E-state index in [-0.39, 0.29) is 16.6 Å². The smallest absolute Gasteiger partial charge is 0.216 e. The number of carbonyl (C=O) groups is 1. The number of carbonyl (C=O) groups excluding carboxylic acids is 1. The first-order valence-electron chi connectivity index (χ1n) is 12.4. The molecule has 0 bridgehead atoms. The van der Waals surface area contributed by atoms with Gasteiger partial charge in [-0.15, -0.1) is 0 Å². The number of aromatic nitrogens is 2. The van der Waals surface area contributed by atoms with Gasteiger partial charge in [-0.1, -0.05) is 29.8 Å². The minimum atomic E-state index is -3.99. The number of ketones is 1. The van der Waals surface area contributed by atoms with Crippen molar-refractivity contribution in [1.82, 2.24) is 9.97 Å². The molecule has 1 aliphatic rings. The number of benzene rings is 2. The third-order valence-electron chi connectivity index (χ3n) is 7.38. The standard InChI is InChI=1S/C30H30N2O5S/c1-18-9-14-26(36-4)23(15-18)30(16-24(30)21-12-10-20(3)32-29(21)37-5)28(33)17-38(34,35)27-8-6-7-25-22(27)13-11-19(2)31-25/h6-15,24H,16-17H2,1-5H3/t24-,30-/m0/s1. The molecular formula is C30H30N2O5S. The van der Waals surface area contributed by atoms with E-state index in [0.29, 0.717) is 34.5 Å². The lowest BCUT2D eigenvalue weighted by molar-refractivity contribution is -0.119. The predicted molar refractivity (Wildman–Crippen MR) is 146 cm³/mol. The van der Waals surface area contributed by atoms with Crippen LogP contribution in [0.3, 0.4) is 0 Å². The van der Waals surface area contributed by atoms with Crippen molar-refractivity contribution in [2.45, 2.75) is 43.4 Å². The molecule has 0 unspecified atom stereocenters. The first-order valence-corrected chi connectivity index (χ1v) is 14.0. The number of ether oxygens (including phenoxy) is 2. The number of nitrogens with zero attached hydrogens (tertiary/aromatic N) is 2. The molecule has 38 heavy (non-hydrogen) atoms. The van der Waals surface area contributed by atoms with Gasteiger partial charge in [0.1, 0.15) is 11.5 Å². The highest BCUT2D eigenvalue weighted by Crippen LogP contribution is 2.64. The highest BCUT2D eigenvalue weighted by molar-refractivity contribution is 7.92. The van der Waals surface area contributed by atoms with E-state index in [0.717, 1.165) is 22.5 Å². The molecule has 0 spiro atoms. The fraction of sp³-hybridized carbons (Fsp3) is 0.300. The van der Waals surface area contributed by atoms with Crippen LogP contribution in [-0.4, -0.2) is 44.1 Å². The maximum absolute atomic E-state index is 14.2. The van der Waals surface area contributed by atoms with Crippen LogP contribution in [0, 0.1) is 20.8 Å². The summed E-state index contributed by atoms with van der Waals surface area (Å²) < 4.78 is 38.8. The van der Waals surface area contributed by atoms with Gasteiger partial charge in [-0.25, -0.2) is 13.4 Å². The first kappa shape index (κ1) is 25.9. The van der Waals surface area contributed by atoms with Gasteiger partial charge in [0.2, 0.25) is 5.88 Å². The number of Topliss-reactive ketones (excluding diaryl/α,β-unsaturated/α-hetero) is 1. The van der Waals surface area contributed by atoms with Gasteiger partial charge < -0.3 is 9.47 Å². The summed E-state index contributed by atoms with van der Waals surface area (Å²) in [6.45, 7) is 5.66. The molecule has 2 aromatic carbocycles. The maximum Gasteiger partial charge on any atom is 0.216 e. The Hall–Kier alpha value is -3.78. The van der Waals surface area contributed by atoms with Crippen molar-refractivity contribution in [1.29, 1.82) is 0 Å². The fourth-order valence-electron chi connectivity index (χ4n) is 5.42. The minimum absolute atomic E-state index is 0.106. The molecule has 0 saturated heterocycles. The molecule has 1 aliphatic carbocycles. The quantitative estimate of drug-likeness (QED) is 0.315. The van der Waals surface area contributed by atoms with Crippen LogP contribution in [0.25, 0.3) is 10.9 Å². The van der Waals surface area contributed by atoms with Crippen LogP contribution in [0.15, 0.2) is 65.6 Å². The number of hydrogen-bond acceptors (Lipinski definition) is 7. The number of aryl methyl sites for hydroxylation is 3. The highest BCUT2D eigenvalue weighted by atomic mass is 32.2. The molecule has 196 valence electrons. The Morgan fingerprint density at radius 3 is 2.42 bits per heavy atom. The summed E-state index contributed by atoms with van der Waals surface area (Å²) in [5, 5.41) is 0.504. The lowest BCUT2D eigenvalue weighted by Gasteiger charge is -2.21. The lowest BCUT2D eigenvalue weighted by Crippen LogP contribution is -2.30. The number of sulfone groups is 1. The summed E-state index contributed by atoms with van der Waals surface area (Å²) in [6, 6.07) is 17.9. The zero-order valence-electron chi connectivity index (χ0n) is 22.1. The molecule has 1 saturated carbocycles. The molecule has 0 radical (unpaired) electrons. The molecule has 0 amide bonds. The van der Waals surface area contributed by atoms with E-state index in [1.54, 1.807) is 44.6 Å². The summed E-state index contributed by atoms with van der Waals surface area (Å²) in [5.74, 6) is -0.343. The number of fused-ring (bicyclic) bond motifs is 1. The summed E-state index contributed by atoms with van der Waals surface area (Å²) in [7, 11) is -0.883. The molecule has 2 heterocycles. The van der Waals surface area contributed by atoms with Crippen molar-refractivity contribution >= 4 is 26.5 Å². The minimum Gasteiger partial charge on any atom is -0.496 e. The molecule has 0 aliphatic heterocycles. The van der Waals surface area contributed by atoms with Crippen molar-refractivity contribution in [3.63, 3.8) is 0 Å². The van der Waals surface area contributed by atoms with Crippen molar-refractivity contribution in [2.24, 2.45) is 0 Å². The van der Waals surface area contributed by atoms with Crippen LogP contribution in [0.5, 0.6) is 11.6 Å². The van der Waals surface area contributed by atoms with Gasteiger partial charge in [-0.2, -0.15) is 0 Å². The molecule has 2 aromatic heterocycles. The van der Waals surface area contributed by atoms with Gasteiger partial charge in [0, 0.05) is 33.8 Å². The average Bonchev–Trinajstić information content (AvgIpc) is 3.64. The number of rotatable bonds is 8. The van der Waals surface area contributed by atoms with E-state index in [1.165, 1.54) is 0 Å². The molecular weight excluding hydrogens is 500 g/mol. The van der Waals surface area contributed by atoms with Crippen LogP contribution < -0.4 is 9.47 Å². The van der Waals surface area contributed by atoms with Crippen molar-refractivity contribution in [3.05, 3.63) is 88.7 Å². The third-order valence-corrected chi connectivity index (χ3v) is 9.05. The molecule has 1 fully saturated rings. The van der Waals surface area contributed by atoms with E-state index in [4.69, 9.17) is 9.47 Å². The van der Waals surface area contributed by atoms with Crippen molar-refractivity contribution in [2.75, 3.05) is 20.0 Å². The monoisotopic (exact) mass is 530 g/mol. The summed E-state index contributed by atoms with van der Waals surface area (Å²) in [6.07, 6.45) is 0.429. The Morgan fingerprint density at radius 1 is 0.947 bits per heavy atom. The van der Waals surface area contributed by atoms with Crippen LogP contribution in [0.1, 0.15) is 40.4 Å². The first-order chi connectivity index (χ1) is 18.1. The Bertz CT molecular complexity index is 1680. The maximum atomic E-state index is 14.2.